The number of ether oxygens (including phenoxy) is 2. The van der Waals surface area contributed by atoms with Crippen LogP contribution >= 0.6 is 0 Å². The molecule has 0 aromatic heterocycles. The summed E-state index contributed by atoms with van der Waals surface area (Å²) in [5.74, 6) is -2.73. The molecule has 0 saturated carbocycles. The molecule has 17 heavy (non-hydrogen) atoms. The largest absolute Gasteiger partial charge is 0.481 e. The molecule has 0 radical (unpaired) electrons. The van der Waals surface area contributed by atoms with Gasteiger partial charge in [0.25, 0.3) is 0 Å². The molecule has 94 valence electrons. The number of carbonyl (C=O) groups excluding carboxylic acids is 2. The first-order valence-corrected chi connectivity index (χ1v) is 4.67. The average Bonchev–Trinajstić information content (AvgIpc) is 2.32. The van der Waals surface area contributed by atoms with Gasteiger partial charge in [-0.25, -0.2) is 9.59 Å². The Kier molecular flexibility index (Phi) is 5.66. The highest BCUT2D eigenvalue weighted by Gasteiger charge is 2.36. The number of carboxylic acids is 1. The zero-order valence-electron chi connectivity index (χ0n) is 9.47. The molecule has 0 aliphatic carbocycles. The van der Waals surface area contributed by atoms with Crippen molar-refractivity contribution in [3.8, 4) is 0 Å². The van der Waals surface area contributed by atoms with E-state index in [1.54, 1.807) is 0 Å². The Morgan fingerprint density at radius 2 is 1.47 bits per heavy atom. The standard InChI is InChI=1S/C11H14O6/c1-4-8(12)16-6-11(3,10(14)15)7-17-9(13)5-2/h4-5H,1-2,6-7H2,3H3,(H,14,15). The van der Waals surface area contributed by atoms with Crippen LogP contribution in [-0.4, -0.2) is 36.2 Å². The number of hydrogen-bond donors (Lipinski definition) is 1. The molecule has 0 saturated heterocycles. The summed E-state index contributed by atoms with van der Waals surface area (Å²) in [7, 11) is 0. The van der Waals surface area contributed by atoms with Crippen molar-refractivity contribution in [2.45, 2.75) is 6.92 Å². The van der Waals surface area contributed by atoms with Crippen molar-refractivity contribution in [2.24, 2.45) is 5.41 Å². The average molecular weight is 242 g/mol. The van der Waals surface area contributed by atoms with Crippen molar-refractivity contribution >= 4 is 17.9 Å². The SMILES string of the molecule is C=CC(=O)OCC(C)(COC(=O)C=C)C(=O)O. The first kappa shape index (κ1) is 14.9. The molecule has 0 unspecified atom stereocenters. The maximum Gasteiger partial charge on any atom is 0.330 e. The fourth-order valence-corrected chi connectivity index (χ4v) is 0.744. The summed E-state index contributed by atoms with van der Waals surface area (Å²) in [5.41, 5.74) is -1.50. The molecule has 0 aromatic carbocycles. The van der Waals surface area contributed by atoms with Crippen LogP contribution in [0, 0.1) is 5.41 Å². The molecular formula is C11H14O6. The molecule has 0 heterocycles. The van der Waals surface area contributed by atoms with Gasteiger partial charge in [0, 0.05) is 12.2 Å². The number of carbonyl (C=O) groups is 3. The molecule has 0 aliphatic heterocycles. The molecule has 0 rings (SSSR count). The minimum atomic E-state index is -1.50. The van der Waals surface area contributed by atoms with Gasteiger partial charge in [-0.2, -0.15) is 0 Å². The fraction of sp³-hybridized carbons (Fsp3) is 0.364. The second-order valence-corrected chi connectivity index (χ2v) is 3.49. The zero-order chi connectivity index (χ0) is 13.5. The normalized spacial score (nSPS) is 10.2. The number of aliphatic carboxylic acids is 1. The summed E-state index contributed by atoms with van der Waals surface area (Å²) in [4.78, 5) is 32.6. The predicted octanol–water partition coefficient (Wildman–Crippen LogP) is 0.536. The van der Waals surface area contributed by atoms with E-state index in [9.17, 15) is 14.4 Å². The molecule has 1 N–H and O–H groups in total. The van der Waals surface area contributed by atoms with Crippen LogP contribution in [-0.2, 0) is 23.9 Å². The lowest BCUT2D eigenvalue weighted by molar-refractivity contribution is -0.162. The van der Waals surface area contributed by atoms with E-state index in [-0.39, 0.29) is 0 Å². The highest BCUT2D eigenvalue weighted by molar-refractivity contribution is 5.83. The third-order valence-electron chi connectivity index (χ3n) is 1.92. The Morgan fingerprint density at radius 1 is 1.12 bits per heavy atom. The van der Waals surface area contributed by atoms with E-state index in [1.807, 2.05) is 0 Å². The number of carboxylic acid groups (broad SMARTS) is 1. The zero-order valence-corrected chi connectivity index (χ0v) is 9.47. The van der Waals surface area contributed by atoms with Gasteiger partial charge < -0.3 is 14.6 Å². The summed E-state index contributed by atoms with van der Waals surface area (Å²) in [6.07, 6.45) is 1.83. The van der Waals surface area contributed by atoms with Crippen LogP contribution in [0.5, 0.6) is 0 Å². The number of esters is 2. The lowest BCUT2D eigenvalue weighted by atomic mass is 9.93. The Labute approximate surface area is 98.5 Å². The minimum absolute atomic E-state index is 0.419. The van der Waals surface area contributed by atoms with Gasteiger partial charge in [0.1, 0.15) is 18.6 Å². The van der Waals surface area contributed by atoms with Crippen molar-refractivity contribution in [1.29, 1.82) is 0 Å². The minimum Gasteiger partial charge on any atom is -0.481 e. The predicted molar refractivity (Wildman–Crippen MR) is 58.1 cm³/mol. The van der Waals surface area contributed by atoms with Crippen LogP contribution in [0.15, 0.2) is 25.3 Å². The molecule has 0 amide bonds. The van der Waals surface area contributed by atoms with Gasteiger partial charge in [0.2, 0.25) is 0 Å². The second kappa shape index (κ2) is 6.47. The highest BCUT2D eigenvalue weighted by atomic mass is 16.5. The Bertz CT molecular complexity index is 320. The quantitative estimate of drug-likeness (QED) is 0.517. The Balaban J connectivity index is 4.50. The monoisotopic (exact) mass is 242 g/mol. The van der Waals surface area contributed by atoms with Crippen molar-refractivity contribution in [2.75, 3.05) is 13.2 Å². The van der Waals surface area contributed by atoms with E-state index < -0.39 is 36.5 Å². The first-order chi connectivity index (χ1) is 7.85. The Morgan fingerprint density at radius 3 is 1.71 bits per heavy atom. The molecular weight excluding hydrogens is 228 g/mol. The van der Waals surface area contributed by atoms with Gasteiger partial charge in [-0.05, 0) is 6.92 Å². The maximum atomic E-state index is 11.0. The van der Waals surface area contributed by atoms with Crippen LogP contribution in [0.4, 0.5) is 0 Å². The van der Waals surface area contributed by atoms with Crippen molar-refractivity contribution in [3.05, 3.63) is 25.3 Å². The third kappa shape index (κ3) is 4.96. The molecule has 0 atom stereocenters. The lowest BCUT2D eigenvalue weighted by Crippen LogP contribution is -2.38. The topological polar surface area (TPSA) is 89.9 Å². The smallest absolute Gasteiger partial charge is 0.330 e. The van der Waals surface area contributed by atoms with E-state index in [1.165, 1.54) is 6.92 Å². The van der Waals surface area contributed by atoms with Gasteiger partial charge in [-0.1, -0.05) is 13.2 Å². The van der Waals surface area contributed by atoms with Gasteiger partial charge >= 0.3 is 17.9 Å². The van der Waals surface area contributed by atoms with Crippen molar-refractivity contribution in [1.82, 2.24) is 0 Å². The van der Waals surface area contributed by atoms with Gasteiger partial charge in [-0.15, -0.1) is 0 Å². The van der Waals surface area contributed by atoms with Crippen LogP contribution in [0.2, 0.25) is 0 Å². The number of rotatable bonds is 7. The summed E-state index contributed by atoms with van der Waals surface area (Å²) in [6.45, 7) is 6.80. The van der Waals surface area contributed by atoms with Crippen molar-refractivity contribution < 1.29 is 29.0 Å². The lowest BCUT2D eigenvalue weighted by Gasteiger charge is -2.23. The summed E-state index contributed by atoms with van der Waals surface area (Å²) < 4.78 is 9.26. The molecule has 6 nitrogen and oxygen atoms in total. The maximum absolute atomic E-state index is 11.0. The molecule has 0 aliphatic rings. The van der Waals surface area contributed by atoms with E-state index >= 15 is 0 Å². The molecule has 0 aromatic rings. The summed E-state index contributed by atoms with van der Waals surface area (Å²) in [5, 5.41) is 8.97. The fourth-order valence-electron chi connectivity index (χ4n) is 0.744. The molecule has 0 bridgehead atoms. The van der Waals surface area contributed by atoms with E-state index in [0.717, 1.165) is 12.2 Å². The molecule has 0 fully saturated rings. The van der Waals surface area contributed by atoms with Crippen LogP contribution in [0.25, 0.3) is 0 Å². The van der Waals surface area contributed by atoms with E-state index in [0.29, 0.717) is 0 Å². The van der Waals surface area contributed by atoms with E-state index in [4.69, 9.17) is 5.11 Å². The van der Waals surface area contributed by atoms with Crippen LogP contribution in [0.1, 0.15) is 6.92 Å². The summed E-state index contributed by atoms with van der Waals surface area (Å²) >= 11 is 0. The van der Waals surface area contributed by atoms with Crippen LogP contribution < -0.4 is 0 Å². The molecule has 0 spiro atoms. The van der Waals surface area contributed by atoms with Crippen molar-refractivity contribution in [3.63, 3.8) is 0 Å². The summed E-state index contributed by atoms with van der Waals surface area (Å²) in [6, 6.07) is 0. The highest BCUT2D eigenvalue weighted by Crippen LogP contribution is 2.18. The second-order valence-electron chi connectivity index (χ2n) is 3.49. The molecule has 6 heteroatoms. The van der Waals surface area contributed by atoms with Crippen LogP contribution in [0.3, 0.4) is 0 Å². The van der Waals surface area contributed by atoms with Gasteiger partial charge in [0.05, 0.1) is 0 Å². The first-order valence-electron chi connectivity index (χ1n) is 4.67. The third-order valence-corrected chi connectivity index (χ3v) is 1.92. The Hall–Kier alpha value is -2.11. The van der Waals surface area contributed by atoms with E-state index in [2.05, 4.69) is 22.6 Å². The van der Waals surface area contributed by atoms with Gasteiger partial charge in [0.15, 0.2) is 0 Å². The van der Waals surface area contributed by atoms with Gasteiger partial charge in [-0.3, -0.25) is 4.79 Å². The number of hydrogen-bond acceptors (Lipinski definition) is 5.